The van der Waals surface area contributed by atoms with Crippen LogP contribution >= 0.6 is 11.6 Å². The Hall–Kier alpha value is -0.770. The summed E-state index contributed by atoms with van der Waals surface area (Å²) in [6.45, 7) is 9.46. The maximum Gasteiger partial charge on any atom is 0.0641 e. The molecule has 1 rings (SSSR count). The lowest BCUT2D eigenvalue weighted by atomic mass is 10.0. The minimum atomic E-state index is 0.144. The van der Waals surface area contributed by atoms with Crippen LogP contribution in [0.3, 0.4) is 0 Å². The number of likely N-dealkylation sites (N-methyl/N-ethyl adjacent to an activating group) is 1. The van der Waals surface area contributed by atoms with Crippen molar-refractivity contribution >= 4 is 17.3 Å². The van der Waals surface area contributed by atoms with Crippen LogP contribution in [0, 0.1) is 0 Å². The van der Waals surface area contributed by atoms with E-state index in [4.69, 9.17) is 22.1 Å². The highest BCUT2D eigenvalue weighted by atomic mass is 35.5. The van der Waals surface area contributed by atoms with E-state index in [0.29, 0.717) is 0 Å². The molecule has 0 aliphatic carbocycles. The van der Waals surface area contributed by atoms with Gasteiger partial charge < -0.3 is 15.4 Å². The second-order valence-electron chi connectivity index (χ2n) is 4.73. The van der Waals surface area contributed by atoms with Gasteiger partial charge in [-0.05, 0) is 44.9 Å². The van der Waals surface area contributed by atoms with Gasteiger partial charge in [-0.3, -0.25) is 0 Å². The summed E-state index contributed by atoms with van der Waals surface area (Å²) >= 11 is 6.13. The number of ether oxygens (including phenoxy) is 1. The molecular weight excluding hydrogens is 260 g/mol. The zero-order valence-electron chi connectivity index (χ0n) is 12.2. The van der Waals surface area contributed by atoms with E-state index in [1.54, 1.807) is 0 Å². The molecular formula is C15H25ClN2O. The van der Waals surface area contributed by atoms with Gasteiger partial charge in [0, 0.05) is 36.4 Å². The van der Waals surface area contributed by atoms with Crippen LogP contribution < -0.4 is 10.6 Å². The average molecular weight is 285 g/mol. The molecule has 0 saturated heterocycles. The van der Waals surface area contributed by atoms with Crippen LogP contribution in [0.5, 0.6) is 0 Å². The molecule has 4 heteroatoms. The van der Waals surface area contributed by atoms with Gasteiger partial charge in [-0.25, -0.2) is 0 Å². The van der Waals surface area contributed by atoms with Gasteiger partial charge in [0.25, 0.3) is 0 Å². The Morgan fingerprint density at radius 3 is 2.68 bits per heavy atom. The van der Waals surface area contributed by atoms with Crippen LogP contribution in [-0.4, -0.2) is 32.3 Å². The summed E-state index contributed by atoms with van der Waals surface area (Å²) in [5.41, 5.74) is 8.34. The van der Waals surface area contributed by atoms with Crippen LogP contribution in [-0.2, 0) is 11.2 Å². The molecule has 3 nitrogen and oxygen atoms in total. The van der Waals surface area contributed by atoms with Crippen molar-refractivity contribution in [2.75, 3.05) is 31.2 Å². The van der Waals surface area contributed by atoms with Crippen molar-refractivity contribution in [3.05, 3.63) is 28.8 Å². The molecule has 0 spiro atoms. The standard InChI is InChI=1S/C15H25ClN2O/c1-4-18(8-9-19-5-2)15-11-14(16)7-6-13(15)10-12(3)17/h6-7,11-12H,4-5,8-10,17H2,1-3H3. The molecule has 0 aliphatic heterocycles. The topological polar surface area (TPSA) is 38.5 Å². The lowest BCUT2D eigenvalue weighted by Gasteiger charge is -2.26. The minimum absolute atomic E-state index is 0.144. The Kier molecular flexibility index (Phi) is 7.21. The van der Waals surface area contributed by atoms with E-state index < -0.39 is 0 Å². The molecule has 1 atom stereocenters. The summed E-state index contributed by atoms with van der Waals surface area (Å²) in [5.74, 6) is 0. The number of rotatable bonds is 8. The maximum atomic E-state index is 6.13. The molecule has 0 aliphatic rings. The van der Waals surface area contributed by atoms with Crippen molar-refractivity contribution in [3.8, 4) is 0 Å². The maximum absolute atomic E-state index is 6.13. The van der Waals surface area contributed by atoms with E-state index in [0.717, 1.165) is 37.7 Å². The number of hydrogen-bond donors (Lipinski definition) is 1. The minimum Gasteiger partial charge on any atom is -0.380 e. The van der Waals surface area contributed by atoms with E-state index in [9.17, 15) is 0 Å². The zero-order chi connectivity index (χ0) is 14.3. The number of nitrogens with zero attached hydrogens (tertiary/aromatic N) is 1. The lowest BCUT2D eigenvalue weighted by Crippen LogP contribution is -2.29. The summed E-state index contributed by atoms with van der Waals surface area (Å²) in [5, 5.41) is 0.762. The summed E-state index contributed by atoms with van der Waals surface area (Å²) in [6.07, 6.45) is 0.859. The first kappa shape index (κ1) is 16.3. The number of hydrogen-bond acceptors (Lipinski definition) is 3. The largest absolute Gasteiger partial charge is 0.380 e. The number of nitrogens with two attached hydrogens (primary N) is 1. The van der Waals surface area contributed by atoms with Gasteiger partial charge in [0.05, 0.1) is 6.61 Å². The molecule has 2 N–H and O–H groups in total. The number of benzene rings is 1. The van der Waals surface area contributed by atoms with Gasteiger partial charge in [0.2, 0.25) is 0 Å². The fraction of sp³-hybridized carbons (Fsp3) is 0.600. The predicted octanol–water partition coefficient (Wildman–Crippen LogP) is 3.09. The lowest BCUT2D eigenvalue weighted by molar-refractivity contribution is 0.154. The molecule has 0 bridgehead atoms. The molecule has 0 heterocycles. The third kappa shape index (κ3) is 5.39. The third-order valence-corrected chi connectivity index (χ3v) is 3.26. The Morgan fingerprint density at radius 2 is 2.11 bits per heavy atom. The van der Waals surface area contributed by atoms with Crippen molar-refractivity contribution < 1.29 is 4.74 Å². The highest BCUT2D eigenvalue weighted by molar-refractivity contribution is 6.30. The van der Waals surface area contributed by atoms with Crippen LogP contribution in [0.1, 0.15) is 26.3 Å². The second kappa shape index (κ2) is 8.41. The van der Waals surface area contributed by atoms with Gasteiger partial charge in [-0.15, -0.1) is 0 Å². The predicted molar refractivity (Wildman–Crippen MR) is 83.2 cm³/mol. The van der Waals surface area contributed by atoms with E-state index >= 15 is 0 Å². The molecule has 1 unspecified atom stereocenters. The Morgan fingerprint density at radius 1 is 1.37 bits per heavy atom. The molecule has 108 valence electrons. The molecule has 0 aromatic heterocycles. The first-order chi connectivity index (χ1) is 9.08. The highest BCUT2D eigenvalue weighted by Crippen LogP contribution is 2.25. The molecule has 19 heavy (non-hydrogen) atoms. The normalized spacial score (nSPS) is 12.5. The average Bonchev–Trinajstić information content (AvgIpc) is 2.37. The van der Waals surface area contributed by atoms with Crippen molar-refractivity contribution in [1.29, 1.82) is 0 Å². The molecule has 0 saturated carbocycles. The first-order valence-corrected chi connectivity index (χ1v) is 7.33. The fourth-order valence-corrected chi connectivity index (χ4v) is 2.29. The SMILES string of the molecule is CCOCCN(CC)c1cc(Cl)ccc1CC(C)N. The third-order valence-electron chi connectivity index (χ3n) is 3.02. The van der Waals surface area contributed by atoms with E-state index in [2.05, 4.69) is 17.9 Å². The van der Waals surface area contributed by atoms with E-state index in [-0.39, 0.29) is 6.04 Å². The van der Waals surface area contributed by atoms with Gasteiger partial charge >= 0.3 is 0 Å². The first-order valence-electron chi connectivity index (χ1n) is 6.95. The number of halogens is 1. The monoisotopic (exact) mass is 284 g/mol. The van der Waals surface area contributed by atoms with Crippen LogP contribution in [0.25, 0.3) is 0 Å². The van der Waals surface area contributed by atoms with Crippen molar-refractivity contribution in [2.24, 2.45) is 5.73 Å². The smallest absolute Gasteiger partial charge is 0.0641 e. The van der Waals surface area contributed by atoms with Crippen molar-refractivity contribution in [2.45, 2.75) is 33.2 Å². The summed E-state index contributed by atoms with van der Waals surface area (Å²) in [7, 11) is 0. The summed E-state index contributed by atoms with van der Waals surface area (Å²) < 4.78 is 5.44. The molecule has 0 amide bonds. The van der Waals surface area contributed by atoms with E-state index in [1.807, 2.05) is 26.0 Å². The Balaban J connectivity index is 2.89. The zero-order valence-corrected chi connectivity index (χ0v) is 12.9. The van der Waals surface area contributed by atoms with Crippen LogP contribution in [0.4, 0.5) is 5.69 Å². The second-order valence-corrected chi connectivity index (χ2v) is 5.17. The Labute approximate surface area is 121 Å². The molecule has 1 aromatic rings. The van der Waals surface area contributed by atoms with Crippen molar-refractivity contribution in [1.82, 2.24) is 0 Å². The summed E-state index contributed by atoms with van der Waals surface area (Å²) in [6, 6.07) is 6.17. The fourth-order valence-electron chi connectivity index (χ4n) is 2.12. The summed E-state index contributed by atoms with van der Waals surface area (Å²) in [4.78, 5) is 2.29. The van der Waals surface area contributed by atoms with Gasteiger partial charge in [-0.2, -0.15) is 0 Å². The quantitative estimate of drug-likeness (QED) is 0.746. The van der Waals surface area contributed by atoms with Crippen molar-refractivity contribution in [3.63, 3.8) is 0 Å². The molecule has 0 fully saturated rings. The highest BCUT2D eigenvalue weighted by Gasteiger charge is 2.11. The molecule has 1 aromatic carbocycles. The van der Waals surface area contributed by atoms with Crippen LogP contribution in [0.15, 0.2) is 18.2 Å². The van der Waals surface area contributed by atoms with Gasteiger partial charge in [-0.1, -0.05) is 17.7 Å². The Bertz CT molecular complexity index is 382. The van der Waals surface area contributed by atoms with Gasteiger partial charge in [0.1, 0.15) is 0 Å². The number of anilines is 1. The molecule has 0 radical (unpaired) electrons. The van der Waals surface area contributed by atoms with Gasteiger partial charge in [0.15, 0.2) is 0 Å². The van der Waals surface area contributed by atoms with E-state index in [1.165, 1.54) is 11.3 Å². The van der Waals surface area contributed by atoms with Crippen LogP contribution in [0.2, 0.25) is 5.02 Å².